The lowest BCUT2D eigenvalue weighted by Crippen LogP contribution is -2.46. The molecule has 2 N–H and O–H groups in total. The summed E-state index contributed by atoms with van der Waals surface area (Å²) < 4.78 is 88.9. The fraction of sp³-hybridized carbons (Fsp3) is 0.536. The maximum atomic E-state index is 14.2. The predicted molar refractivity (Wildman–Crippen MR) is 134 cm³/mol. The molecule has 2 heterocycles. The Balaban J connectivity index is 1.36. The van der Waals surface area contributed by atoms with E-state index in [4.69, 9.17) is 4.74 Å². The summed E-state index contributed by atoms with van der Waals surface area (Å²) in [6.45, 7) is 5.39. The van der Waals surface area contributed by atoms with Crippen LogP contribution in [0.2, 0.25) is 0 Å². The molecule has 0 radical (unpaired) electrons. The number of hydrogen-bond acceptors (Lipinski definition) is 4. The number of fused-ring (bicyclic) bond motifs is 1. The molecule has 0 bridgehead atoms. The van der Waals surface area contributed by atoms with Gasteiger partial charge >= 0.3 is 12.4 Å². The van der Waals surface area contributed by atoms with Gasteiger partial charge in [0, 0.05) is 23.7 Å². The van der Waals surface area contributed by atoms with Crippen molar-refractivity contribution in [1.29, 1.82) is 0 Å². The number of hydrogen-bond donors (Lipinski definition) is 2. The summed E-state index contributed by atoms with van der Waals surface area (Å²) in [6.07, 6.45) is -5.67. The molecule has 2 fully saturated rings. The molecular formula is C28H31F6N3O2. The molecule has 1 aliphatic carbocycles. The summed E-state index contributed by atoms with van der Waals surface area (Å²) in [5.41, 5.74) is -0.970. The Morgan fingerprint density at radius 1 is 1.08 bits per heavy atom. The minimum atomic E-state index is -4.64. The van der Waals surface area contributed by atoms with Crippen molar-refractivity contribution in [1.82, 2.24) is 14.9 Å². The van der Waals surface area contributed by atoms with E-state index < -0.39 is 29.1 Å². The first-order valence-corrected chi connectivity index (χ1v) is 13.0. The summed E-state index contributed by atoms with van der Waals surface area (Å²) in [7, 11) is 0. The van der Waals surface area contributed by atoms with Crippen molar-refractivity contribution in [3.8, 4) is 5.75 Å². The zero-order valence-electron chi connectivity index (χ0n) is 21.8. The fourth-order valence-electron chi connectivity index (χ4n) is 6.05. The number of alkyl halides is 6. The van der Waals surface area contributed by atoms with Gasteiger partial charge in [0.05, 0.1) is 34.1 Å². The number of aryl methyl sites for hydroxylation is 1. The fourth-order valence-corrected chi connectivity index (χ4v) is 6.05. The Morgan fingerprint density at radius 2 is 1.74 bits per heavy atom. The molecule has 0 spiro atoms. The second kappa shape index (κ2) is 9.69. The smallest absolute Gasteiger partial charge is 0.418 e. The van der Waals surface area contributed by atoms with Crippen LogP contribution < -0.4 is 10.1 Å². The Labute approximate surface area is 222 Å². The van der Waals surface area contributed by atoms with E-state index in [-0.39, 0.29) is 47.4 Å². The van der Waals surface area contributed by atoms with Crippen molar-refractivity contribution < 1.29 is 36.2 Å². The number of benzene rings is 2. The number of rotatable bonds is 5. The van der Waals surface area contributed by atoms with E-state index in [1.807, 2.05) is 6.92 Å². The molecule has 1 aliphatic heterocycles. The lowest BCUT2D eigenvalue weighted by Gasteiger charge is -2.42. The molecule has 2 aromatic carbocycles. The molecule has 2 aliphatic rings. The standard InChI is InChI=1S/C28H31F6N3O2/c1-15-8-18(17-4-6-19(7-5-17)27(29,30)31)9-20(36-15)13-39-23-10-22(28(32,33)34)25-24(16(23)2)35-14-37(25)21-11-26(3,38)12-21/h4-7,10,14-15,18,20-21,36,38H,8-9,11-13H2,1-3H3. The van der Waals surface area contributed by atoms with E-state index in [1.165, 1.54) is 23.0 Å². The number of imidazole rings is 1. The SMILES string of the molecule is Cc1c(OCC2CC(c3ccc(C(F)(F)F)cc3)CC(C)N2)cc(C(F)(F)F)c2c1ncn2C1CC(C)(O)C1. The van der Waals surface area contributed by atoms with Gasteiger partial charge in [-0.2, -0.15) is 26.3 Å². The number of aliphatic hydroxyl groups is 1. The van der Waals surface area contributed by atoms with E-state index in [9.17, 15) is 31.4 Å². The van der Waals surface area contributed by atoms with Crippen LogP contribution in [0, 0.1) is 6.92 Å². The molecule has 1 saturated heterocycles. The molecule has 5 nitrogen and oxygen atoms in total. The Morgan fingerprint density at radius 3 is 2.33 bits per heavy atom. The number of ether oxygens (including phenoxy) is 1. The summed E-state index contributed by atoms with van der Waals surface area (Å²) in [5.74, 6) is 0.0774. The minimum Gasteiger partial charge on any atom is -0.492 e. The van der Waals surface area contributed by atoms with E-state index in [0.717, 1.165) is 30.2 Å². The quantitative estimate of drug-likeness (QED) is 0.341. The van der Waals surface area contributed by atoms with Crippen LogP contribution in [0.4, 0.5) is 26.3 Å². The third kappa shape index (κ3) is 5.61. The normalized spacial score (nSPS) is 27.9. The Hall–Kier alpha value is -2.79. The maximum Gasteiger partial charge on any atom is 0.418 e. The van der Waals surface area contributed by atoms with Gasteiger partial charge in [-0.3, -0.25) is 0 Å². The van der Waals surface area contributed by atoms with Gasteiger partial charge < -0.3 is 19.7 Å². The van der Waals surface area contributed by atoms with Gasteiger partial charge in [0.15, 0.2) is 0 Å². The monoisotopic (exact) mass is 555 g/mol. The highest BCUT2D eigenvalue weighted by Gasteiger charge is 2.42. The number of nitrogens with one attached hydrogen (secondary N) is 1. The molecular weight excluding hydrogens is 524 g/mol. The molecule has 1 saturated carbocycles. The zero-order chi connectivity index (χ0) is 28.3. The van der Waals surface area contributed by atoms with Gasteiger partial charge in [-0.25, -0.2) is 4.98 Å². The molecule has 5 rings (SSSR count). The second-order valence-corrected chi connectivity index (χ2v) is 11.3. The van der Waals surface area contributed by atoms with Gasteiger partial charge in [0.2, 0.25) is 0 Å². The van der Waals surface area contributed by atoms with Crippen LogP contribution in [0.1, 0.15) is 73.7 Å². The van der Waals surface area contributed by atoms with Gasteiger partial charge in [-0.15, -0.1) is 0 Å². The van der Waals surface area contributed by atoms with Crippen LogP contribution in [-0.2, 0) is 12.4 Å². The van der Waals surface area contributed by atoms with Crippen molar-refractivity contribution in [3.05, 3.63) is 58.9 Å². The third-order valence-electron chi connectivity index (χ3n) is 7.98. The molecule has 0 amide bonds. The first-order valence-electron chi connectivity index (χ1n) is 13.0. The average Bonchev–Trinajstić information content (AvgIpc) is 3.25. The van der Waals surface area contributed by atoms with E-state index >= 15 is 0 Å². The van der Waals surface area contributed by atoms with Gasteiger partial charge in [0.25, 0.3) is 0 Å². The third-order valence-corrected chi connectivity index (χ3v) is 7.98. The highest BCUT2D eigenvalue weighted by molar-refractivity contribution is 5.85. The predicted octanol–water partition coefficient (Wildman–Crippen LogP) is 6.77. The largest absolute Gasteiger partial charge is 0.492 e. The minimum absolute atomic E-state index is 0.0122. The summed E-state index contributed by atoms with van der Waals surface area (Å²) in [6, 6.07) is 5.73. The molecule has 3 atom stereocenters. The molecule has 3 aromatic rings. The lowest BCUT2D eigenvalue weighted by atomic mass is 9.77. The van der Waals surface area contributed by atoms with E-state index in [2.05, 4.69) is 10.3 Å². The van der Waals surface area contributed by atoms with Gasteiger partial charge in [0.1, 0.15) is 12.4 Å². The van der Waals surface area contributed by atoms with Crippen molar-refractivity contribution in [2.24, 2.45) is 0 Å². The van der Waals surface area contributed by atoms with Crippen molar-refractivity contribution in [3.63, 3.8) is 0 Å². The molecule has 1 aromatic heterocycles. The highest BCUT2D eigenvalue weighted by Crippen LogP contribution is 2.46. The first kappa shape index (κ1) is 27.8. The van der Waals surface area contributed by atoms with Crippen molar-refractivity contribution >= 4 is 11.0 Å². The first-order chi connectivity index (χ1) is 18.1. The van der Waals surface area contributed by atoms with E-state index in [0.29, 0.717) is 24.8 Å². The van der Waals surface area contributed by atoms with Crippen LogP contribution in [0.25, 0.3) is 11.0 Å². The van der Waals surface area contributed by atoms with Gasteiger partial charge in [-0.05, 0) is 76.1 Å². The van der Waals surface area contributed by atoms with Crippen LogP contribution >= 0.6 is 0 Å². The second-order valence-electron chi connectivity index (χ2n) is 11.3. The summed E-state index contributed by atoms with van der Waals surface area (Å²) >= 11 is 0. The van der Waals surface area contributed by atoms with Crippen LogP contribution in [0.3, 0.4) is 0 Å². The molecule has 11 heteroatoms. The molecule has 39 heavy (non-hydrogen) atoms. The summed E-state index contributed by atoms with van der Waals surface area (Å²) in [5, 5.41) is 13.5. The number of nitrogens with zero attached hydrogens (tertiary/aromatic N) is 2. The van der Waals surface area contributed by atoms with Crippen LogP contribution in [-0.4, -0.2) is 38.9 Å². The topological polar surface area (TPSA) is 59.3 Å². The maximum absolute atomic E-state index is 14.2. The highest BCUT2D eigenvalue weighted by atomic mass is 19.4. The lowest BCUT2D eigenvalue weighted by molar-refractivity contribution is -0.138. The molecule has 212 valence electrons. The van der Waals surface area contributed by atoms with Gasteiger partial charge in [-0.1, -0.05) is 12.1 Å². The van der Waals surface area contributed by atoms with E-state index in [1.54, 1.807) is 13.8 Å². The Bertz CT molecular complexity index is 1340. The van der Waals surface area contributed by atoms with Crippen LogP contribution in [0.15, 0.2) is 36.7 Å². The van der Waals surface area contributed by atoms with Crippen molar-refractivity contribution in [2.75, 3.05) is 6.61 Å². The molecule has 3 unspecified atom stereocenters. The summed E-state index contributed by atoms with van der Waals surface area (Å²) in [4.78, 5) is 4.29. The number of piperidine rings is 1. The van der Waals surface area contributed by atoms with Crippen molar-refractivity contribution in [2.45, 2.75) is 88.5 Å². The Kier molecular flexibility index (Phi) is 6.90. The number of aromatic nitrogens is 2. The number of halogens is 6. The zero-order valence-corrected chi connectivity index (χ0v) is 21.8. The van der Waals surface area contributed by atoms with Crippen LogP contribution in [0.5, 0.6) is 5.75 Å². The average molecular weight is 556 g/mol.